The Labute approximate surface area is 188 Å². The minimum absolute atomic E-state index is 0.450. The number of aromatic nitrogens is 6. The van der Waals surface area contributed by atoms with Gasteiger partial charge in [0.2, 0.25) is 0 Å². The molecule has 0 fully saturated rings. The monoisotopic (exact) mass is 444 g/mol. The van der Waals surface area contributed by atoms with Gasteiger partial charge in [-0.15, -0.1) is 0 Å². The molecule has 5 rings (SSSR count). The molecule has 7 nitrogen and oxygen atoms in total. The number of ether oxygens (including phenoxy) is 1. The fourth-order valence-electron chi connectivity index (χ4n) is 3.91. The Morgan fingerprint density at radius 3 is 2.47 bits per heavy atom. The van der Waals surface area contributed by atoms with Crippen molar-refractivity contribution in [3.05, 3.63) is 61.2 Å². The summed E-state index contributed by atoms with van der Waals surface area (Å²) in [5.41, 5.74) is 5.99. The van der Waals surface area contributed by atoms with Crippen LogP contribution in [0.3, 0.4) is 0 Å². The van der Waals surface area contributed by atoms with Gasteiger partial charge < -0.3 is 4.74 Å². The Morgan fingerprint density at radius 1 is 0.969 bits per heavy atom. The molecule has 164 valence electrons. The first-order chi connectivity index (χ1) is 15.4. The largest absolute Gasteiger partial charge is 0.361 e. The van der Waals surface area contributed by atoms with Gasteiger partial charge in [-0.25, -0.2) is 9.97 Å². The SMILES string of the molecule is Cn1cc(-c2cc3c(ncc4cnc(-c5ccccc5)n43)n2COCC[Si](C)(C)C)cn1. The van der Waals surface area contributed by atoms with Gasteiger partial charge in [-0.05, 0) is 12.1 Å². The van der Waals surface area contributed by atoms with Gasteiger partial charge in [-0.3, -0.25) is 13.6 Å². The molecule has 0 aliphatic carbocycles. The van der Waals surface area contributed by atoms with Crippen molar-refractivity contribution in [3.63, 3.8) is 0 Å². The lowest BCUT2D eigenvalue weighted by molar-refractivity contribution is 0.0909. The lowest BCUT2D eigenvalue weighted by Gasteiger charge is -2.16. The molecule has 4 aromatic heterocycles. The molecule has 0 amide bonds. The third-order valence-electron chi connectivity index (χ3n) is 5.65. The van der Waals surface area contributed by atoms with E-state index in [1.54, 1.807) is 0 Å². The van der Waals surface area contributed by atoms with Crippen LogP contribution in [0.25, 0.3) is 39.3 Å². The van der Waals surface area contributed by atoms with Gasteiger partial charge in [0.25, 0.3) is 0 Å². The first-order valence-electron chi connectivity index (χ1n) is 10.9. The van der Waals surface area contributed by atoms with Crippen molar-refractivity contribution in [1.29, 1.82) is 0 Å². The molecule has 8 heteroatoms. The number of hydrogen-bond acceptors (Lipinski definition) is 4. The minimum atomic E-state index is -1.15. The molecule has 32 heavy (non-hydrogen) atoms. The van der Waals surface area contributed by atoms with Gasteiger partial charge in [0.05, 0.1) is 35.3 Å². The third-order valence-corrected chi connectivity index (χ3v) is 7.35. The molecule has 1 aromatic carbocycles. The molecule has 0 saturated heterocycles. The van der Waals surface area contributed by atoms with Gasteiger partial charge in [0.1, 0.15) is 12.6 Å². The summed E-state index contributed by atoms with van der Waals surface area (Å²) in [5.74, 6) is 0.905. The molecule has 0 spiro atoms. The van der Waals surface area contributed by atoms with E-state index >= 15 is 0 Å². The number of imidazole rings is 1. The van der Waals surface area contributed by atoms with Crippen LogP contribution >= 0.6 is 0 Å². The Kier molecular flexibility index (Phi) is 5.19. The molecule has 0 N–H and O–H groups in total. The van der Waals surface area contributed by atoms with Crippen molar-refractivity contribution in [2.75, 3.05) is 6.61 Å². The maximum Gasteiger partial charge on any atom is 0.159 e. The van der Waals surface area contributed by atoms with Gasteiger partial charge in [0, 0.05) is 39.1 Å². The topological polar surface area (TPSA) is 62.2 Å². The minimum Gasteiger partial charge on any atom is -0.361 e. The first-order valence-corrected chi connectivity index (χ1v) is 14.6. The molecular formula is C24H28N6OSi. The van der Waals surface area contributed by atoms with Crippen LogP contribution in [-0.4, -0.2) is 43.4 Å². The smallest absolute Gasteiger partial charge is 0.159 e. The summed E-state index contributed by atoms with van der Waals surface area (Å²) in [5, 5.41) is 4.38. The van der Waals surface area contributed by atoms with Crippen LogP contribution in [-0.2, 0) is 18.5 Å². The molecule has 0 radical (unpaired) electrons. The van der Waals surface area contributed by atoms with Gasteiger partial charge in [0.15, 0.2) is 5.65 Å². The number of rotatable bonds is 7. The van der Waals surface area contributed by atoms with Crippen molar-refractivity contribution in [3.8, 4) is 22.6 Å². The maximum absolute atomic E-state index is 6.15. The second-order valence-electron chi connectivity index (χ2n) is 9.38. The Hall–Kier alpha value is -3.23. The molecular weight excluding hydrogens is 416 g/mol. The van der Waals surface area contributed by atoms with E-state index < -0.39 is 8.07 Å². The van der Waals surface area contributed by atoms with Crippen molar-refractivity contribution < 1.29 is 4.74 Å². The van der Waals surface area contributed by atoms with Crippen molar-refractivity contribution in [1.82, 2.24) is 28.7 Å². The summed E-state index contributed by atoms with van der Waals surface area (Å²) in [4.78, 5) is 9.50. The predicted molar refractivity (Wildman–Crippen MR) is 130 cm³/mol. The molecule has 0 saturated carbocycles. The number of aryl methyl sites for hydroxylation is 1. The Bertz CT molecular complexity index is 1380. The third kappa shape index (κ3) is 3.87. The van der Waals surface area contributed by atoms with E-state index in [0.717, 1.165) is 52.0 Å². The molecule has 5 aromatic rings. The Morgan fingerprint density at radius 2 is 1.75 bits per heavy atom. The summed E-state index contributed by atoms with van der Waals surface area (Å²) >= 11 is 0. The fraction of sp³-hybridized carbons (Fsp3) is 0.292. The van der Waals surface area contributed by atoms with Crippen LogP contribution in [0.4, 0.5) is 0 Å². The van der Waals surface area contributed by atoms with Crippen LogP contribution in [0.15, 0.2) is 61.2 Å². The van der Waals surface area contributed by atoms with Crippen LogP contribution in [0.1, 0.15) is 0 Å². The number of benzene rings is 1. The first kappa shape index (κ1) is 20.7. The summed E-state index contributed by atoms with van der Waals surface area (Å²) < 4.78 is 12.3. The normalized spacial score (nSPS) is 12.2. The zero-order valence-electron chi connectivity index (χ0n) is 19.0. The molecule has 0 unspecified atom stereocenters. The average Bonchev–Trinajstić information content (AvgIpc) is 3.47. The van der Waals surface area contributed by atoms with Crippen LogP contribution < -0.4 is 0 Å². The predicted octanol–water partition coefficient (Wildman–Crippen LogP) is 5.06. The molecule has 0 atom stereocenters. The van der Waals surface area contributed by atoms with E-state index in [2.05, 4.69) is 51.9 Å². The highest BCUT2D eigenvalue weighted by Crippen LogP contribution is 2.30. The van der Waals surface area contributed by atoms with Crippen LogP contribution in [0, 0.1) is 0 Å². The van der Waals surface area contributed by atoms with Gasteiger partial charge >= 0.3 is 0 Å². The van der Waals surface area contributed by atoms with Gasteiger partial charge in [-0.2, -0.15) is 5.10 Å². The van der Waals surface area contributed by atoms with Crippen molar-refractivity contribution >= 4 is 24.8 Å². The lowest BCUT2D eigenvalue weighted by Crippen LogP contribution is -2.22. The number of fused-ring (bicyclic) bond motifs is 3. The second kappa shape index (κ2) is 8.03. The van der Waals surface area contributed by atoms with Crippen LogP contribution in [0.2, 0.25) is 25.7 Å². The summed E-state index contributed by atoms with van der Waals surface area (Å²) in [6.45, 7) is 8.30. The fourth-order valence-corrected chi connectivity index (χ4v) is 4.67. The molecule has 0 aliphatic rings. The van der Waals surface area contributed by atoms with Crippen molar-refractivity contribution in [2.45, 2.75) is 32.4 Å². The van der Waals surface area contributed by atoms with E-state index in [-0.39, 0.29) is 0 Å². The lowest BCUT2D eigenvalue weighted by atomic mass is 10.2. The average molecular weight is 445 g/mol. The van der Waals surface area contributed by atoms with E-state index in [0.29, 0.717) is 6.73 Å². The maximum atomic E-state index is 6.15. The van der Waals surface area contributed by atoms with E-state index in [9.17, 15) is 0 Å². The molecule has 4 heterocycles. The highest BCUT2D eigenvalue weighted by atomic mass is 28.3. The summed E-state index contributed by atoms with van der Waals surface area (Å²) in [7, 11) is 0.776. The quantitative estimate of drug-likeness (QED) is 0.260. The Balaban J connectivity index is 1.65. The molecule has 0 aliphatic heterocycles. The van der Waals surface area contributed by atoms with E-state index in [4.69, 9.17) is 14.7 Å². The highest BCUT2D eigenvalue weighted by Gasteiger charge is 2.19. The summed E-state index contributed by atoms with van der Waals surface area (Å²) in [6, 6.07) is 13.6. The highest BCUT2D eigenvalue weighted by molar-refractivity contribution is 6.76. The number of nitrogens with zero attached hydrogens (tertiary/aromatic N) is 6. The molecule has 0 bridgehead atoms. The van der Waals surface area contributed by atoms with E-state index in [1.807, 2.05) is 54.7 Å². The number of hydrogen-bond donors (Lipinski definition) is 0. The summed E-state index contributed by atoms with van der Waals surface area (Å²) in [6.07, 6.45) is 7.67. The van der Waals surface area contributed by atoms with E-state index in [1.165, 1.54) is 0 Å². The van der Waals surface area contributed by atoms with Gasteiger partial charge in [-0.1, -0.05) is 50.0 Å². The zero-order valence-corrected chi connectivity index (χ0v) is 20.0. The second-order valence-corrected chi connectivity index (χ2v) is 15.0. The van der Waals surface area contributed by atoms with Crippen LogP contribution in [0.5, 0.6) is 0 Å². The van der Waals surface area contributed by atoms with Crippen molar-refractivity contribution in [2.24, 2.45) is 7.05 Å². The zero-order chi connectivity index (χ0) is 22.3. The standard InChI is InChI=1S/C24H28N6OSi/c1-28-16-19(13-27-28)21-12-22-24(29(21)17-31-10-11-32(2,3)4)26-15-20-14-25-23(30(20)22)18-8-6-5-7-9-18/h5-9,12-16H,10-11,17H2,1-4H3.